The molecule has 0 amide bonds. The average Bonchev–Trinajstić information content (AvgIpc) is 3.14. The SMILES string of the molecule is Cn1cc(-c2cccc(CNc3cc(N4CCCCC4)ncn3)c2)cn1. The van der Waals surface area contributed by atoms with Crippen molar-refractivity contribution in [1.82, 2.24) is 19.7 Å². The summed E-state index contributed by atoms with van der Waals surface area (Å²) in [4.78, 5) is 11.2. The van der Waals surface area contributed by atoms with Crippen LogP contribution in [0.4, 0.5) is 11.6 Å². The maximum absolute atomic E-state index is 4.44. The van der Waals surface area contributed by atoms with E-state index in [0.29, 0.717) is 0 Å². The van der Waals surface area contributed by atoms with E-state index in [1.54, 1.807) is 6.33 Å². The van der Waals surface area contributed by atoms with Crippen molar-refractivity contribution in [3.63, 3.8) is 0 Å². The number of aryl methyl sites for hydroxylation is 1. The Morgan fingerprint density at radius 3 is 2.73 bits per heavy atom. The second kappa shape index (κ2) is 7.56. The van der Waals surface area contributed by atoms with Crippen molar-refractivity contribution in [2.24, 2.45) is 7.05 Å². The van der Waals surface area contributed by atoms with Crippen LogP contribution in [-0.4, -0.2) is 32.8 Å². The molecular weight excluding hydrogens is 324 g/mol. The number of anilines is 2. The van der Waals surface area contributed by atoms with E-state index in [4.69, 9.17) is 0 Å². The molecule has 3 aromatic rings. The van der Waals surface area contributed by atoms with E-state index < -0.39 is 0 Å². The van der Waals surface area contributed by atoms with Gasteiger partial charge in [0.05, 0.1) is 6.20 Å². The first-order valence-electron chi connectivity index (χ1n) is 9.17. The Hall–Kier alpha value is -2.89. The summed E-state index contributed by atoms with van der Waals surface area (Å²) in [6, 6.07) is 10.6. The molecule has 0 radical (unpaired) electrons. The van der Waals surface area contributed by atoms with Crippen LogP contribution < -0.4 is 10.2 Å². The van der Waals surface area contributed by atoms with E-state index in [1.165, 1.54) is 30.4 Å². The van der Waals surface area contributed by atoms with Gasteiger partial charge in [0.1, 0.15) is 18.0 Å². The van der Waals surface area contributed by atoms with E-state index in [9.17, 15) is 0 Å². The highest BCUT2D eigenvalue weighted by Gasteiger charge is 2.12. The predicted molar refractivity (Wildman–Crippen MR) is 104 cm³/mol. The van der Waals surface area contributed by atoms with E-state index in [1.807, 2.05) is 24.1 Å². The molecule has 26 heavy (non-hydrogen) atoms. The van der Waals surface area contributed by atoms with Gasteiger partial charge in [0.15, 0.2) is 0 Å². The zero-order chi connectivity index (χ0) is 17.8. The molecule has 6 nitrogen and oxygen atoms in total. The molecule has 1 saturated heterocycles. The summed E-state index contributed by atoms with van der Waals surface area (Å²) in [6.45, 7) is 2.90. The van der Waals surface area contributed by atoms with Gasteiger partial charge in [-0.15, -0.1) is 0 Å². The monoisotopic (exact) mass is 348 g/mol. The van der Waals surface area contributed by atoms with E-state index in [0.717, 1.165) is 36.8 Å². The molecule has 0 saturated carbocycles. The first-order chi connectivity index (χ1) is 12.8. The van der Waals surface area contributed by atoms with Gasteiger partial charge in [-0.2, -0.15) is 5.10 Å². The third kappa shape index (κ3) is 3.85. The first kappa shape index (κ1) is 16.6. The lowest BCUT2D eigenvalue weighted by atomic mass is 10.1. The van der Waals surface area contributed by atoms with Crippen LogP contribution in [0.25, 0.3) is 11.1 Å². The van der Waals surface area contributed by atoms with Crippen molar-refractivity contribution in [1.29, 1.82) is 0 Å². The van der Waals surface area contributed by atoms with Crippen molar-refractivity contribution >= 4 is 11.6 Å². The summed E-state index contributed by atoms with van der Waals surface area (Å²) >= 11 is 0. The van der Waals surface area contributed by atoms with Crippen LogP contribution in [0.3, 0.4) is 0 Å². The van der Waals surface area contributed by atoms with Gasteiger partial charge in [-0.25, -0.2) is 9.97 Å². The standard InChI is InChI=1S/C20H24N6/c1-25-14-18(13-24-25)17-7-5-6-16(10-17)12-21-19-11-20(23-15-22-19)26-8-3-2-4-9-26/h5-7,10-11,13-15H,2-4,8-9,12H2,1H3,(H,21,22,23). The molecule has 0 unspecified atom stereocenters. The molecule has 134 valence electrons. The number of benzene rings is 1. The topological polar surface area (TPSA) is 58.9 Å². The fraction of sp³-hybridized carbons (Fsp3) is 0.350. The number of hydrogen-bond acceptors (Lipinski definition) is 5. The van der Waals surface area contributed by atoms with E-state index >= 15 is 0 Å². The maximum Gasteiger partial charge on any atom is 0.134 e. The summed E-state index contributed by atoms with van der Waals surface area (Å²) in [7, 11) is 1.93. The highest BCUT2D eigenvalue weighted by Crippen LogP contribution is 2.21. The molecular formula is C20H24N6. The Labute approximate surface area is 153 Å². The highest BCUT2D eigenvalue weighted by atomic mass is 15.2. The van der Waals surface area contributed by atoms with Crippen molar-refractivity contribution in [3.8, 4) is 11.1 Å². The first-order valence-corrected chi connectivity index (χ1v) is 9.17. The number of nitrogens with one attached hydrogen (secondary N) is 1. The molecule has 1 aliphatic heterocycles. The molecule has 0 aliphatic carbocycles. The molecule has 1 N–H and O–H groups in total. The van der Waals surface area contributed by atoms with E-state index in [-0.39, 0.29) is 0 Å². The number of rotatable bonds is 5. The molecule has 0 spiro atoms. The van der Waals surface area contributed by atoms with Gasteiger partial charge in [0.2, 0.25) is 0 Å². The largest absolute Gasteiger partial charge is 0.366 e. The minimum absolute atomic E-state index is 0.727. The minimum atomic E-state index is 0.727. The maximum atomic E-state index is 4.44. The molecule has 1 fully saturated rings. The summed E-state index contributed by atoms with van der Waals surface area (Å²) in [5.41, 5.74) is 3.52. The Morgan fingerprint density at radius 2 is 1.92 bits per heavy atom. The summed E-state index contributed by atoms with van der Waals surface area (Å²) in [5, 5.41) is 7.68. The third-order valence-corrected chi connectivity index (χ3v) is 4.77. The zero-order valence-corrected chi connectivity index (χ0v) is 15.1. The fourth-order valence-electron chi connectivity index (χ4n) is 3.36. The Morgan fingerprint density at radius 1 is 1.04 bits per heavy atom. The van der Waals surface area contributed by atoms with Gasteiger partial charge in [0, 0.05) is 44.5 Å². The lowest BCUT2D eigenvalue weighted by Gasteiger charge is -2.27. The molecule has 1 aliphatic rings. The molecule has 6 heteroatoms. The zero-order valence-electron chi connectivity index (χ0n) is 15.1. The Balaban J connectivity index is 1.44. The van der Waals surface area contributed by atoms with Crippen molar-refractivity contribution in [2.75, 3.05) is 23.3 Å². The van der Waals surface area contributed by atoms with Crippen LogP contribution in [0, 0.1) is 0 Å². The molecule has 1 aromatic carbocycles. The number of piperidine rings is 1. The number of nitrogens with zero attached hydrogens (tertiary/aromatic N) is 5. The average molecular weight is 348 g/mol. The number of hydrogen-bond donors (Lipinski definition) is 1. The number of aromatic nitrogens is 4. The van der Waals surface area contributed by atoms with Crippen LogP contribution in [0.15, 0.2) is 49.1 Å². The normalized spacial score (nSPS) is 14.4. The lowest BCUT2D eigenvalue weighted by molar-refractivity contribution is 0.573. The van der Waals surface area contributed by atoms with Crippen LogP contribution in [0.2, 0.25) is 0 Å². The second-order valence-electron chi connectivity index (χ2n) is 6.77. The van der Waals surface area contributed by atoms with Crippen LogP contribution in [0.5, 0.6) is 0 Å². The van der Waals surface area contributed by atoms with Gasteiger partial charge in [-0.1, -0.05) is 18.2 Å². The van der Waals surface area contributed by atoms with Gasteiger partial charge in [0.25, 0.3) is 0 Å². The highest BCUT2D eigenvalue weighted by molar-refractivity contribution is 5.62. The predicted octanol–water partition coefficient (Wildman–Crippen LogP) is 3.48. The molecule has 4 rings (SSSR count). The van der Waals surface area contributed by atoms with Crippen molar-refractivity contribution < 1.29 is 0 Å². The van der Waals surface area contributed by atoms with Crippen LogP contribution >= 0.6 is 0 Å². The molecule has 3 heterocycles. The lowest BCUT2D eigenvalue weighted by Crippen LogP contribution is -2.30. The fourth-order valence-corrected chi connectivity index (χ4v) is 3.36. The minimum Gasteiger partial charge on any atom is -0.366 e. The summed E-state index contributed by atoms with van der Waals surface area (Å²) in [6.07, 6.45) is 9.38. The smallest absolute Gasteiger partial charge is 0.134 e. The summed E-state index contributed by atoms with van der Waals surface area (Å²) < 4.78 is 1.82. The quantitative estimate of drug-likeness (QED) is 0.765. The van der Waals surface area contributed by atoms with Gasteiger partial charge < -0.3 is 10.2 Å². The van der Waals surface area contributed by atoms with Gasteiger partial charge in [-0.3, -0.25) is 4.68 Å². The summed E-state index contributed by atoms with van der Waals surface area (Å²) in [5.74, 6) is 1.89. The van der Waals surface area contributed by atoms with Crippen LogP contribution in [0.1, 0.15) is 24.8 Å². The molecule has 0 bridgehead atoms. The molecule has 2 aromatic heterocycles. The van der Waals surface area contributed by atoms with Crippen LogP contribution in [-0.2, 0) is 13.6 Å². The van der Waals surface area contributed by atoms with Gasteiger partial charge >= 0.3 is 0 Å². The third-order valence-electron chi connectivity index (χ3n) is 4.77. The van der Waals surface area contributed by atoms with Crippen molar-refractivity contribution in [3.05, 3.63) is 54.6 Å². The Bertz CT molecular complexity index is 866. The van der Waals surface area contributed by atoms with Crippen molar-refractivity contribution in [2.45, 2.75) is 25.8 Å². The Kier molecular flexibility index (Phi) is 4.82. The van der Waals surface area contributed by atoms with Gasteiger partial charge in [-0.05, 0) is 36.5 Å². The van der Waals surface area contributed by atoms with E-state index in [2.05, 4.69) is 55.6 Å². The second-order valence-corrected chi connectivity index (χ2v) is 6.77. The molecule has 0 atom stereocenters.